The molecule has 1 N–H and O–H groups in total. The molecule has 96 valence electrons. The van der Waals surface area contributed by atoms with Gasteiger partial charge in [0.1, 0.15) is 5.65 Å². The van der Waals surface area contributed by atoms with Gasteiger partial charge in [-0.15, -0.1) is 0 Å². The van der Waals surface area contributed by atoms with Crippen LogP contribution in [-0.2, 0) is 16.0 Å². The van der Waals surface area contributed by atoms with Crippen LogP contribution in [0.1, 0.15) is 12.6 Å². The smallest absolute Gasteiger partial charge is 0.308 e. The number of carbonyl (C=O) groups is 1. The predicted molar refractivity (Wildman–Crippen MR) is 76.5 cm³/mol. The fourth-order valence-electron chi connectivity index (χ4n) is 1.76. The van der Waals surface area contributed by atoms with Gasteiger partial charge in [-0.25, -0.2) is 4.98 Å². The fourth-order valence-corrected chi connectivity index (χ4v) is 2.67. The summed E-state index contributed by atoms with van der Waals surface area (Å²) in [7, 11) is 1.38. The minimum Gasteiger partial charge on any atom is -0.469 e. The number of carbonyl (C=O) groups excluding carboxylic acids is 1. The zero-order valence-corrected chi connectivity index (χ0v) is 12.7. The molecule has 18 heavy (non-hydrogen) atoms. The fraction of sp³-hybridized carbons (Fsp3) is 0.364. The summed E-state index contributed by atoms with van der Waals surface area (Å²) < 4.78 is 5.72. The van der Waals surface area contributed by atoms with Gasteiger partial charge in [0.25, 0.3) is 0 Å². The topological polar surface area (TPSA) is 67.9 Å². The van der Waals surface area contributed by atoms with Gasteiger partial charge in [0.05, 0.1) is 24.1 Å². The first kappa shape index (κ1) is 13.5. The Morgan fingerprint density at radius 3 is 3.00 bits per heavy atom. The summed E-state index contributed by atoms with van der Waals surface area (Å²) in [4.78, 5) is 22.8. The monoisotopic (exact) mass is 379 g/mol. The van der Waals surface area contributed by atoms with Gasteiger partial charge in [0, 0.05) is 16.2 Å². The zero-order chi connectivity index (χ0) is 13.3. The van der Waals surface area contributed by atoms with Gasteiger partial charge < -0.3 is 9.72 Å². The molecule has 1 unspecified atom stereocenters. The van der Waals surface area contributed by atoms with Crippen LogP contribution in [0.4, 0.5) is 0 Å². The molecule has 2 rings (SSSR count). The lowest BCUT2D eigenvalue weighted by molar-refractivity contribution is -0.144. The average molecular weight is 380 g/mol. The van der Waals surface area contributed by atoms with Crippen molar-refractivity contribution in [2.75, 3.05) is 7.11 Å². The second-order valence-electron chi connectivity index (χ2n) is 3.93. The van der Waals surface area contributed by atoms with Crippen LogP contribution in [0, 0.1) is 9.49 Å². The third-order valence-corrected chi connectivity index (χ3v) is 3.65. The Balaban J connectivity index is 2.43. The standard InChI is InChI=1S/C11H11ClIN3O2/c1-5(10(17)18-2)3-7-8-6(13)4-14-9(8)16-11(12)15-7/h4-5H,3H2,1-2H3,(H,14,15,16). The molecule has 0 spiro atoms. The van der Waals surface area contributed by atoms with E-state index in [-0.39, 0.29) is 17.2 Å². The van der Waals surface area contributed by atoms with Crippen molar-refractivity contribution >= 4 is 51.2 Å². The molecule has 0 aliphatic carbocycles. The molecule has 0 aromatic carbocycles. The molecule has 2 aromatic heterocycles. The first-order chi connectivity index (χ1) is 8.52. The molecule has 0 fully saturated rings. The second kappa shape index (κ2) is 5.40. The molecule has 2 heterocycles. The number of hydrogen-bond acceptors (Lipinski definition) is 4. The number of ether oxygens (including phenoxy) is 1. The molecule has 0 radical (unpaired) electrons. The number of rotatable bonds is 3. The van der Waals surface area contributed by atoms with E-state index in [1.807, 2.05) is 6.20 Å². The number of methoxy groups -OCH3 is 1. The number of nitrogens with zero attached hydrogens (tertiary/aromatic N) is 2. The molecule has 0 aliphatic rings. The molecule has 5 nitrogen and oxygen atoms in total. The van der Waals surface area contributed by atoms with Crippen LogP contribution in [0.2, 0.25) is 5.28 Å². The SMILES string of the molecule is COC(=O)C(C)Cc1nc(Cl)nc2[nH]cc(I)c12. The molecule has 0 saturated carbocycles. The largest absolute Gasteiger partial charge is 0.469 e. The molecule has 0 aliphatic heterocycles. The van der Waals surface area contributed by atoms with E-state index in [0.29, 0.717) is 12.1 Å². The quantitative estimate of drug-likeness (QED) is 0.506. The van der Waals surface area contributed by atoms with Crippen molar-refractivity contribution in [1.82, 2.24) is 15.0 Å². The van der Waals surface area contributed by atoms with Gasteiger partial charge in [-0.3, -0.25) is 4.79 Å². The highest BCUT2D eigenvalue weighted by atomic mass is 127. The van der Waals surface area contributed by atoms with Crippen molar-refractivity contribution in [3.8, 4) is 0 Å². The molecule has 0 saturated heterocycles. The number of fused-ring (bicyclic) bond motifs is 1. The number of hydrogen-bond donors (Lipinski definition) is 1. The Kier molecular flexibility index (Phi) is 4.06. The van der Waals surface area contributed by atoms with Gasteiger partial charge in [-0.2, -0.15) is 4.98 Å². The van der Waals surface area contributed by atoms with Crippen LogP contribution in [0.25, 0.3) is 11.0 Å². The van der Waals surface area contributed by atoms with E-state index in [1.165, 1.54) is 7.11 Å². The maximum atomic E-state index is 11.5. The van der Waals surface area contributed by atoms with E-state index in [0.717, 1.165) is 14.7 Å². The molecule has 2 aromatic rings. The van der Waals surface area contributed by atoms with Crippen molar-refractivity contribution < 1.29 is 9.53 Å². The number of H-pyrrole nitrogens is 1. The normalized spacial score (nSPS) is 12.7. The van der Waals surface area contributed by atoms with E-state index in [9.17, 15) is 4.79 Å². The van der Waals surface area contributed by atoms with E-state index in [2.05, 4.69) is 37.5 Å². The number of nitrogens with one attached hydrogen (secondary N) is 1. The van der Waals surface area contributed by atoms with Gasteiger partial charge in [0.15, 0.2) is 0 Å². The highest BCUT2D eigenvalue weighted by Gasteiger charge is 2.19. The summed E-state index contributed by atoms with van der Waals surface area (Å²) in [5.74, 6) is -0.529. The lowest BCUT2D eigenvalue weighted by Gasteiger charge is -2.09. The highest BCUT2D eigenvalue weighted by molar-refractivity contribution is 14.1. The minimum absolute atomic E-state index is 0.174. The Bertz CT molecular complexity index is 599. The summed E-state index contributed by atoms with van der Waals surface area (Å²) >= 11 is 8.06. The van der Waals surface area contributed by atoms with Crippen LogP contribution >= 0.6 is 34.2 Å². The van der Waals surface area contributed by atoms with Crippen molar-refractivity contribution in [3.63, 3.8) is 0 Å². The van der Waals surface area contributed by atoms with Gasteiger partial charge in [-0.05, 0) is 34.2 Å². The lowest BCUT2D eigenvalue weighted by atomic mass is 10.0. The van der Waals surface area contributed by atoms with Crippen LogP contribution < -0.4 is 0 Å². The van der Waals surface area contributed by atoms with Crippen LogP contribution in [0.5, 0.6) is 0 Å². The molecule has 0 amide bonds. The average Bonchev–Trinajstić information content (AvgIpc) is 2.69. The van der Waals surface area contributed by atoms with Crippen molar-refractivity contribution in [3.05, 3.63) is 20.7 Å². The highest BCUT2D eigenvalue weighted by Crippen LogP contribution is 2.25. The molecule has 1 atom stereocenters. The summed E-state index contributed by atoms with van der Waals surface area (Å²) in [6, 6.07) is 0. The summed E-state index contributed by atoms with van der Waals surface area (Å²) in [5.41, 5.74) is 1.44. The van der Waals surface area contributed by atoms with Crippen LogP contribution in [-0.4, -0.2) is 28.0 Å². The van der Waals surface area contributed by atoms with Crippen LogP contribution in [0.3, 0.4) is 0 Å². The van der Waals surface area contributed by atoms with E-state index < -0.39 is 0 Å². The second-order valence-corrected chi connectivity index (χ2v) is 5.43. The third-order valence-electron chi connectivity index (χ3n) is 2.63. The number of esters is 1. The van der Waals surface area contributed by atoms with Gasteiger partial charge in [0.2, 0.25) is 5.28 Å². The van der Waals surface area contributed by atoms with E-state index in [4.69, 9.17) is 16.3 Å². The Morgan fingerprint density at radius 1 is 1.61 bits per heavy atom. The predicted octanol–water partition coefficient (Wildman–Crippen LogP) is 2.57. The first-order valence-corrected chi connectivity index (χ1v) is 6.75. The maximum absolute atomic E-state index is 11.5. The third kappa shape index (κ3) is 2.59. The number of halogens is 2. The molecular formula is C11H11ClIN3O2. The zero-order valence-electron chi connectivity index (χ0n) is 9.83. The van der Waals surface area contributed by atoms with Gasteiger partial charge in [-0.1, -0.05) is 6.92 Å². The summed E-state index contributed by atoms with van der Waals surface area (Å²) in [6.07, 6.45) is 2.31. The first-order valence-electron chi connectivity index (χ1n) is 5.29. The van der Waals surface area contributed by atoms with Crippen molar-refractivity contribution in [2.24, 2.45) is 5.92 Å². The minimum atomic E-state index is -0.269. The number of aromatic amines is 1. The summed E-state index contributed by atoms with van der Waals surface area (Å²) in [6.45, 7) is 1.80. The summed E-state index contributed by atoms with van der Waals surface area (Å²) in [5, 5.41) is 1.09. The van der Waals surface area contributed by atoms with Crippen LogP contribution in [0.15, 0.2) is 6.20 Å². The van der Waals surface area contributed by atoms with E-state index >= 15 is 0 Å². The number of aromatic nitrogens is 3. The molecule has 7 heteroatoms. The van der Waals surface area contributed by atoms with Crippen molar-refractivity contribution in [1.29, 1.82) is 0 Å². The Hall–Kier alpha value is -0.890. The van der Waals surface area contributed by atoms with E-state index in [1.54, 1.807) is 6.92 Å². The maximum Gasteiger partial charge on any atom is 0.308 e. The Morgan fingerprint density at radius 2 is 2.33 bits per heavy atom. The van der Waals surface area contributed by atoms with Crippen molar-refractivity contribution in [2.45, 2.75) is 13.3 Å². The molecule has 0 bridgehead atoms. The Labute approximate surface area is 122 Å². The van der Waals surface area contributed by atoms with Gasteiger partial charge >= 0.3 is 5.97 Å². The molecular weight excluding hydrogens is 368 g/mol. The lowest BCUT2D eigenvalue weighted by Crippen LogP contribution is -2.16.